The van der Waals surface area contributed by atoms with Crippen molar-refractivity contribution in [2.24, 2.45) is 0 Å². The van der Waals surface area contributed by atoms with E-state index in [1.54, 1.807) is 6.07 Å². The number of nitrogens with one attached hydrogen (secondary N) is 1. The van der Waals surface area contributed by atoms with E-state index in [0.29, 0.717) is 24.1 Å². The number of aromatic carboxylic acids is 1. The van der Waals surface area contributed by atoms with E-state index in [1.165, 1.54) is 19.3 Å². The van der Waals surface area contributed by atoms with Crippen LogP contribution in [-0.4, -0.2) is 55.0 Å². The van der Waals surface area contributed by atoms with E-state index in [2.05, 4.69) is 17.3 Å². The Kier molecular flexibility index (Phi) is 10.0. The second-order valence-electron chi connectivity index (χ2n) is 6.38. The SMILES string of the molecule is CC.CN1CCCC(c2cccc(C(=O)O)c2)C1.O=CCNC1CC1. The van der Waals surface area contributed by atoms with Gasteiger partial charge in [-0.05, 0) is 62.9 Å². The van der Waals surface area contributed by atoms with Gasteiger partial charge in [0.15, 0.2) is 0 Å². The highest BCUT2D eigenvalue weighted by Crippen LogP contribution is 2.26. The Morgan fingerprint density at radius 2 is 2.04 bits per heavy atom. The molecule has 2 aliphatic rings. The number of carbonyl (C=O) groups excluding carboxylic acids is 1. The van der Waals surface area contributed by atoms with Crippen LogP contribution in [0.1, 0.15) is 61.4 Å². The molecule has 1 atom stereocenters. The monoisotopic (exact) mass is 348 g/mol. The maximum absolute atomic E-state index is 10.9. The third-order valence-corrected chi connectivity index (χ3v) is 4.30. The number of hydrogen-bond donors (Lipinski definition) is 2. The summed E-state index contributed by atoms with van der Waals surface area (Å²) in [4.78, 5) is 22.9. The first-order valence-electron chi connectivity index (χ1n) is 9.29. The standard InChI is InChI=1S/C13H17NO2.C5H9NO.C2H6/c1-14-7-3-6-12(9-14)10-4-2-5-11(8-10)13(15)16;7-4-3-6-5-1-2-5;1-2/h2,4-5,8,12H,3,6-7,9H2,1H3,(H,15,16);4-6H,1-3H2;1-2H3. The molecule has 0 bridgehead atoms. The van der Waals surface area contributed by atoms with E-state index in [-0.39, 0.29) is 0 Å². The molecular formula is C20H32N2O3. The smallest absolute Gasteiger partial charge is 0.335 e. The molecule has 1 saturated heterocycles. The molecule has 3 rings (SSSR count). The molecular weight excluding hydrogens is 316 g/mol. The Morgan fingerprint density at radius 1 is 1.32 bits per heavy atom. The predicted octanol–water partition coefficient (Wildman–Crippen LogP) is 3.16. The van der Waals surface area contributed by atoms with Crippen LogP contribution in [0.5, 0.6) is 0 Å². The van der Waals surface area contributed by atoms with Gasteiger partial charge in [-0.2, -0.15) is 0 Å². The molecule has 1 aliphatic heterocycles. The van der Waals surface area contributed by atoms with Gasteiger partial charge in [0.2, 0.25) is 0 Å². The van der Waals surface area contributed by atoms with E-state index < -0.39 is 5.97 Å². The van der Waals surface area contributed by atoms with Crippen LogP contribution in [0.3, 0.4) is 0 Å². The van der Waals surface area contributed by atoms with Gasteiger partial charge in [0.1, 0.15) is 6.29 Å². The molecule has 1 unspecified atom stereocenters. The summed E-state index contributed by atoms with van der Waals surface area (Å²) in [5.41, 5.74) is 1.55. The number of piperidine rings is 1. The van der Waals surface area contributed by atoms with Crippen molar-refractivity contribution in [1.82, 2.24) is 10.2 Å². The van der Waals surface area contributed by atoms with Crippen molar-refractivity contribution in [3.63, 3.8) is 0 Å². The molecule has 2 fully saturated rings. The first-order valence-corrected chi connectivity index (χ1v) is 9.29. The van der Waals surface area contributed by atoms with Gasteiger partial charge < -0.3 is 20.1 Å². The van der Waals surface area contributed by atoms with Gasteiger partial charge in [0, 0.05) is 12.6 Å². The van der Waals surface area contributed by atoms with Crippen molar-refractivity contribution in [1.29, 1.82) is 0 Å². The lowest BCUT2D eigenvalue weighted by Crippen LogP contribution is -2.30. The summed E-state index contributed by atoms with van der Waals surface area (Å²) >= 11 is 0. The maximum atomic E-state index is 10.9. The Bertz CT molecular complexity index is 529. The number of likely N-dealkylation sites (tertiary alicyclic amines) is 1. The molecule has 1 saturated carbocycles. The summed E-state index contributed by atoms with van der Waals surface area (Å²) < 4.78 is 0. The van der Waals surface area contributed by atoms with Gasteiger partial charge >= 0.3 is 5.97 Å². The van der Waals surface area contributed by atoms with Gasteiger partial charge in [-0.15, -0.1) is 0 Å². The van der Waals surface area contributed by atoms with Crippen molar-refractivity contribution >= 4 is 12.3 Å². The van der Waals surface area contributed by atoms with Crippen molar-refractivity contribution in [3.05, 3.63) is 35.4 Å². The van der Waals surface area contributed by atoms with Gasteiger partial charge in [0.25, 0.3) is 0 Å². The van der Waals surface area contributed by atoms with Gasteiger partial charge in [-0.25, -0.2) is 4.79 Å². The van der Waals surface area contributed by atoms with Crippen molar-refractivity contribution in [3.8, 4) is 0 Å². The molecule has 1 aliphatic carbocycles. The van der Waals surface area contributed by atoms with Gasteiger partial charge in [0.05, 0.1) is 12.1 Å². The average Bonchev–Trinajstić information content (AvgIpc) is 3.47. The second-order valence-corrected chi connectivity index (χ2v) is 6.38. The molecule has 5 nitrogen and oxygen atoms in total. The number of aldehydes is 1. The summed E-state index contributed by atoms with van der Waals surface area (Å²) in [7, 11) is 2.12. The number of likely N-dealkylation sites (N-methyl/N-ethyl adjacent to an activating group) is 1. The van der Waals surface area contributed by atoms with Crippen LogP contribution in [0.25, 0.3) is 0 Å². The van der Waals surface area contributed by atoms with E-state index in [4.69, 9.17) is 5.11 Å². The fourth-order valence-electron chi connectivity index (χ4n) is 2.87. The van der Waals surface area contributed by atoms with E-state index in [9.17, 15) is 9.59 Å². The Balaban J connectivity index is 0.000000290. The van der Waals surface area contributed by atoms with Crippen LogP contribution >= 0.6 is 0 Å². The van der Waals surface area contributed by atoms with Crippen molar-refractivity contribution < 1.29 is 14.7 Å². The lowest BCUT2D eigenvalue weighted by atomic mass is 9.90. The molecule has 1 aromatic rings. The zero-order chi connectivity index (χ0) is 18.7. The number of carbonyl (C=O) groups is 2. The molecule has 25 heavy (non-hydrogen) atoms. The predicted molar refractivity (Wildman–Crippen MR) is 101 cm³/mol. The van der Waals surface area contributed by atoms with E-state index in [0.717, 1.165) is 31.4 Å². The lowest BCUT2D eigenvalue weighted by molar-refractivity contribution is -0.107. The molecule has 0 amide bonds. The fourth-order valence-corrected chi connectivity index (χ4v) is 2.87. The van der Waals surface area contributed by atoms with Crippen LogP contribution in [-0.2, 0) is 4.79 Å². The Morgan fingerprint density at radius 3 is 2.60 bits per heavy atom. The van der Waals surface area contributed by atoms with Gasteiger partial charge in [-0.3, -0.25) is 0 Å². The lowest BCUT2D eigenvalue weighted by Gasteiger charge is -2.30. The first kappa shape index (κ1) is 21.3. The molecule has 0 spiro atoms. The van der Waals surface area contributed by atoms with E-state index in [1.807, 2.05) is 32.0 Å². The average molecular weight is 348 g/mol. The zero-order valence-corrected chi connectivity index (χ0v) is 15.7. The van der Waals surface area contributed by atoms with E-state index >= 15 is 0 Å². The topological polar surface area (TPSA) is 69.6 Å². The minimum Gasteiger partial charge on any atom is -0.478 e. The normalized spacial score (nSPS) is 19.7. The quantitative estimate of drug-likeness (QED) is 0.800. The fraction of sp³-hybridized carbons (Fsp3) is 0.600. The summed E-state index contributed by atoms with van der Waals surface area (Å²) in [6.07, 6.45) is 5.77. The zero-order valence-electron chi connectivity index (χ0n) is 15.7. The number of rotatable bonds is 5. The number of nitrogens with zero attached hydrogens (tertiary/aromatic N) is 1. The van der Waals surface area contributed by atoms with Crippen molar-refractivity contribution in [2.45, 2.75) is 51.5 Å². The molecule has 140 valence electrons. The molecule has 1 aromatic carbocycles. The Hall–Kier alpha value is -1.72. The summed E-state index contributed by atoms with van der Waals surface area (Å²) in [5, 5.41) is 12.0. The third-order valence-electron chi connectivity index (χ3n) is 4.30. The maximum Gasteiger partial charge on any atom is 0.335 e. The highest BCUT2D eigenvalue weighted by molar-refractivity contribution is 5.87. The molecule has 2 N–H and O–H groups in total. The number of benzene rings is 1. The first-order chi connectivity index (χ1) is 12.1. The van der Waals surface area contributed by atoms with Crippen LogP contribution in [0, 0.1) is 0 Å². The third kappa shape index (κ3) is 8.27. The summed E-state index contributed by atoms with van der Waals surface area (Å²) in [6.45, 7) is 6.71. The van der Waals surface area contributed by atoms with Gasteiger partial charge in [-0.1, -0.05) is 26.0 Å². The summed E-state index contributed by atoms with van der Waals surface area (Å²) in [5.74, 6) is -0.357. The number of hydrogen-bond acceptors (Lipinski definition) is 4. The molecule has 0 aromatic heterocycles. The largest absolute Gasteiger partial charge is 0.478 e. The Labute approximate surface area is 151 Å². The summed E-state index contributed by atoms with van der Waals surface area (Å²) in [6, 6.07) is 8.01. The minimum atomic E-state index is -0.842. The van der Waals surface area contributed by atoms with Crippen LogP contribution in [0.2, 0.25) is 0 Å². The van der Waals surface area contributed by atoms with Crippen LogP contribution in [0.15, 0.2) is 24.3 Å². The van der Waals surface area contributed by atoms with Crippen molar-refractivity contribution in [2.75, 3.05) is 26.7 Å². The van der Waals surface area contributed by atoms with Crippen LogP contribution in [0.4, 0.5) is 0 Å². The second kappa shape index (κ2) is 11.8. The molecule has 0 radical (unpaired) electrons. The highest BCUT2D eigenvalue weighted by atomic mass is 16.4. The van der Waals surface area contributed by atoms with Crippen LogP contribution < -0.4 is 5.32 Å². The number of carboxylic acids is 1. The highest BCUT2D eigenvalue weighted by Gasteiger charge is 2.20. The molecule has 1 heterocycles. The minimum absolute atomic E-state index is 0.394. The number of carboxylic acid groups (broad SMARTS) is 1. The molecule has 5 heteroatoms.